The molecule has 1 aliphatic rings. The summed E-state index contributed by atoms with van der Waals surface area (Å²) < 4.78 is 5.37. The van der Waals surface area contributed by atoms with Gasteiger partial charge in [-0.2, -0.15) is 0 Å². The maximum absolute atomic E-state index is 5.37. The number of likely N-dealkylation sites (tertiary alicyclic amines) is 1. The van der Waals surface area contributed by atoms with Crippen molar-refractivity contribution in [3.05, 3.63) is 24.2 Å². The maximum Gasteiger partial charge on any atom is 0.103 e. The lowest BCUT2D eigenvalue weighted by atomic mass is 9.93. The Labute approximate surface area is 111 Å². The third-order valence-corrected chi connectivity index (χ3v) is 4.01. The van der Waals surface area contributed by atoms with Crippen LogP contribution in [0.4, 0.5) is 0 Å². The first kappa shape index (κ1) is 13.6. The van der Waals surface area contributed by atoms with Crippen LogP contribution in [-0.2, 0) is 6.42 Å². The van der Waals surface area contributed by atoms with Crippen molar-refractivity contribution in [3.63, 3.8) is 0 Å². The number of nitrogens with zero attached hydrogens (tertiary/aromatic N) is 1. The summed E-state index contributed by atoms with van der Waals surface area (Å²) in [6.07, 6.45) is 5.20. The Morgan fingerprint density at radius 3 is 3.06 bits per heavy atom. The second-order valence-electron chi connectivity index (χ2n) is 5.82. The van der Waals surface area contributed by atoms with Gasteiger partial charge in [-0.25, -0.2) is 0 Å². The minimum atomic E-state index is 0.561. The molecule has 102 valence electrons. The Kier molecular flexibility index (Phi) is 4.84. The molecule has 2 rings (SSSR count). The molecule has 18 heavy (non-hydrogen) atoms. The number of piperidine rings is 1. The molecule has 3 nitrogen and oxygen atoms in total. The van der Waals surface area contributed by atoms with Crippen LogP contribution in [0.1, 0.15) is 32.4 Å². The molecule has 3 atom stereocenters. The van der Waals surface area contributed by atoms with Gasteiger partial charge in [0.2, 0.25) is 0 Å². The van der Waals surface area contributed by atoms with Crippen molar-refractivity contribution in [1.29, 1.82) is 0 Å². The van der Waals surface area contributed by atoms with Crippen LogP contribution < -0.4 is 5.32 Å². The Morgan fingerprint density at radius 2 is 2.39 bits per heavy atom. The number of nitrogens with one attached hydrogen (secondary N) is 1. The Hall–Kier alpha value is -0.800. The molecule has 0 amide bonds. The number of hydrogen-bond acceptors (Lipinski definition) is 3. The van der Waals surface area contributed by atoms with Crippen LogP contribution in [0, 0.1) is 5.92 Å². The highest BCUT2D eigenvalue weighted by atomic mass is 16.3. The molecule has 0 bridgehead atoms. The minimum Gasteiger partial charge on any atom is -0.469 e. The lowest BCUT2D eigenvalue weighted by Gasteiger charge is -2.37. The van der Waals surface area contributed by atoms with Crippen molar-refractivity contribution in [1.82, 2.24) is 10.2 Å². The molecule has 1 saturated heterocycles. The van der Waals surface area contributed by atoms with Crippen molar-refractivity contribution in [2.75, 3.05) is 20.1 Å². The summed E-state index contributed by atoms with van der Waals surface area (Å²) in [7, 11) is 2.22. The molecule has 0 aromatic carbocycles. The topological polar surface area (TPSA) is 28.4 Å². The van der Waals surface area contributed by atoms with E-state index < -0.39 is 0 Å². The molecule has 1 aliphatic heterocycles. The predicted octanol–water partition coefficient (Wildman–Crippen LogP) is 2.53. The second-order valence-corrected chi connectivity index (χ2v) is 5.82. The monoisotopic (exact) mass is 250 g/mol. The van der Waals surface area contributed by atoms with Gasteiger partial charge >= 0.3 is 0 Å². The van der Waals surface area contributed by atoms with Gasteiger partial charge in [0.15, 0.2) is 0 Å². The van der Waals surface area contributed by atoms with Crippen LogP contribution in [0.15, 0.2) is 22.8 Å². The van der Waals surface area contributed by atoms with E-state index in [2.05, 4.69) is 37.2 Å². The summed E-state index contributed by atoms with van der Waals surface area (Å²) in [5, 5.41) is 3.78. The van der Waals surface area contributed by atoms with Crippen LogP contribution in [-0.4, -0.2) is 37.1 Å². The van der Waals surface area contributed by atoms with Crippen molar-refractivity contribution in [2.45, 2.75) is 45.2 Å². The smallest absolute Gasteiger partial charge is 0.103 e. The quantitative estimate of drug-likeness (QED) is 0.870. The zero-order valence-corrected chi connectivity index (χ0v) is 11.9. The molecule has 0 aliphatic carbocycles. The Balaban J connectivity index is 1.72. The predicted molar refractivity (Wildman–Crippen MR) is 74.7 cm³/mol. The van der Waals surface area contributed by atoms with E-state index in [1.54, 1.807) is 6.26 Å². The molecule has 0 saturated carbocycles. The first-order valence-corrected chi connectivity index (χ1v) is 7.12. The SMILES string of the molecule is CC(CCc1ccco1)NC1CCN(C)CC1C. The van der Waals surface area contributed by atoms with Gasteiger partial charge in [0, 0.05) is 25.0 Å². The van der Waals surface area contributed by atoms with Gasteiger partial charge in [0.25, 0.3) is 0 Å². The zero-order valence-electron chi connectivity index (χ0n) is 11.9. The molecular formula is C15H26N2O. The van der Waals surface area contributed by atoms with Gasteiger partial charge in [0.1, 0.15) is 5.76 Å². The Morgan fingerprint density at radius 1 is 1.56 bits per heavy atom. The molecule has 0 radical (unpaired) electrons. The second kappa shape index (κ2) is 6.39. The van der Waals surface area contributed by atoms with Crippen LogP contribution >= 0.6 is 0 Å². The molecule has 1 aromatic heterocycles. The fourth-order valence-electron chi connectivity index (χ4n) is 2.86. The van der Waals surface area contributed by atoms with E-state index in [1.807, 2.05) is 6.07 Å². The van der Waals surface area contributed by atoms with Crippen LogP contribution in [0.5, 0.6) is 0 Å². The van der Waals surface area contributed by atoms with Gasteiger partial charge in [-0.1, -0.05) is 6.92 Å². The number of rotatable bonds is 5. The lowest BCUT2D eigenvalue weighted by Crippen LogP contribution is -2.49. The van der Waals surface area contributed by atoms with Gasteiger partial charge in [-0.15, -0.1) is 0 Å². The third kappa shape index (κ3) is 3.85. The summed E-state index contributed by atoms with van der Waals surface area (Å²) in [4.78, 5) is 2.43. The third-order valence-electron chi connectivity index (χ3n) is 4.01. The van der Waals surface area contributed by atoms with Crippen molar-refractivity contribution in [2.24, 2.45) is 5.92 Å². The van der Waals surface area contributed by atoms with E-state index in [9.17, 15) is 0 Å². The molecule has 3 heteroatoms. The van der Waals surface area contributed by atoms with Crippen molar-refractivity contribution >= 4 is 0 Å². The van der Waals surface area contributed by atoms with E-state index in [-0.39, 0.29) is 0 Å². The van der Waals surface area contributed by atoms with E-state index in [0.29, 0.717) is 12.1 Å². The van der Waals surface area contributed by atoms with Crippen LogP contribution in [0.3, 0.4) is 0 Å². The first-order chi connectivity index (χ1) is 8.65. The number of furan rings is 1. The summed E-state index contributed by atoms with van der Waals surface area (Å²) in [5.41, 5.74) is 0. The normalized spacial score (nSPS) is 27.3. The molecule has 1 fully saturated rings. The average Bonchev–Trinajstić information content (AvgIpc) is 2.83. The fraction of sp³-hybridized carbons (Fsp3) is 0.733. The average molecular weight is 250 g/mol. The molecule has 3 unspecified atom stereocenters. The largest absolute Gasteiger partial charge is 0.469 e. The summed E-state index contributed by atoms with van der Waals surface area (Å²) in [6.45, 7) is 7.07. The summed E-state index contributed by atoms with van der Waals surface area (Å²) >= 11 is 0. The highest BCUT2D eigenvalue weighted by molar-refractivity contribution is 4.98. The first-order valence-electron chi connectivity index (χ1n) is 7.12. The van der Waals surface area contributed by atoms with Crippen LogP contribution in [0.25, 0.3) is 0 Å². The molecule has 1 N–H and O–H groups in total. The van der Waals surface area contributed by atoms with Gasteiger partial charge in [0.05, 0.1) is 6.26 Å². The standard InChI is InChI=1S/C15H26N2O/c1-12-11-17(3)9-8-15(12)16-13(2)6-7-14-5-4-10-18-14/h4-5,10,12-13,15-16H,6-9,11H2,1-3H3. The molecule has 0 spiro atoms. The van der Waals surface area contributed by atoms with Crippen molar-refractivity contribution in [3.8, 4) is 0 Å². The molecular weight excluding hydrogens is 224 g/mol. The van der Waals surface area contributed by atoms with Gasteiger partial charge < -0.3 is 14.6 Å². The minimum absolute atomic E-state index is 0.561. The van der Waals surface area contributed by atoms with E-state index in [4.69, 9.17) is 4.42 Å². The maximum atomic E-state index is 5.37. The highest BCUT2D eigenvalue weighted by Crippen LogP contribution is 2.17. The highest BCUT2D eigenvalue weighted by Gasteiger charge is 2.24. The zero-order chi connectivity index (χ0) is 13.0. The van der Waals surface area contributed by atoms with E-state index in [1.165, 1.54) is 19.5 Å². The Bertz CT molecular complexity index is 336. The van der Waals surface area contributed by atoms with Gasteiger partial charge in [-0.05, 0) is 51.4 Å². The summed E-state index contributed by atoms with van der Waals surface area (Å²) in [5.74, 6) is 1.84. The molecule has 1 aromatic rings. The number of hydrogen-bond donors (Lipinski definition) is 1. The summed E-state index contributed by atoms with van der Waals surface area (Å²) in [6, 6.07) is 5.26. The lowest BCUT2D eigenvalue weighted by molar-refractivity contribution is 0.166. The fourth-order valence-corrected chi connectivity index (χ4v) is 2.86. The van der Waals surface area contributed by atoms with E-state index in [0.717, 1.165) is 24.5 Å². The van der Waals surface area contributed by atoms with Gasteiger partial charge in [-0.3, -0.25) is 0 Å². The van der Waals surface area contributed by atoms with Crippen LogP contribution in [0.2, 0.25) is 0 Å². The van der Waals surface area contributed by atoms with Crippen molar-refractivity contribution < 1.29 is 4.42 Å². The van der Waals surface area contributed by atoms with E-state index >= 15 is 0 Å². The number of aryl methyl sites for hydroxylation is 1. The molecule has 2 heterocycles.